The van der Waals surface area contributed by atoms with Gasteiger partial charge in [-0.05, 0) is 49.4 Å². The zero-order valence-electron chi connectivity index (χ0n) is 15.2. The Morgan fingerprint density at radius 1 is 1.20 bits per heavy atom. The van der Waals surface area contributed by atoms with E-state index >= 15 is 0 Å². The van der Waals surface area contributed by atoms with Crippen LogP contribution in [0.25, 0.3) is 16.9 Å². The van der Waals surface area contributed by atoms with Crippen molar-refractivity contribution in [3.05, 3.63) is 53.3 Å². The highest BCUT2D eigenvalue weighted by Crippen LogP contribution is 2.23. The van der Waals surface area contributed by atoms with Crippen LogP contribution in [0.15, 0.2) is 36.7 Å². The van der Waals surface area contributed by atoms with Crippen LogP contribution in [0.2, 0.25) is 0 Å². The van der Waals surface area contributed by atoms with Crippen molar-refractivity contribution in [1.29, 1.82) is 0 Å². The van der Waals surface area contributed by atoms with Gasteiger partial charge < -0.3 is 5.32 Å². The van der Waals surface area contributed by atoms with Gasteiger partial charge in [-0.3, -0.25) is 4.79 Å². The van der Waals surface area contributed by atoms with Crippen LogP contribution in [0.3, 0.4) is 0 Å². The third-order valence-electron chi connectivity index (χ3n) is 4.46. The molecule has 0 spiro atoms. The number of hydrogen-bond donors (Lipinski definition) is 1. The summed E-state index contributed by atoms with van der Waals surface area (Å²) in [5.74, 6) is 0.430. The molecule has 2 aromatic heterocycles. The Hall–Kier alpha value is -2.69. The topological polar surface area (TPSA) is 59.3 Å². The molecule has 1 amide bonds. The molecule has 0 aliphatic carbocycles. The first-order chi connectivity index (χ1) is 12.0. The van der Waals surface area contributed by atoms with Gasteiger partial charge in [0, 0.05) is 18.3 Å². The molecule has 0 radical (unpaired) electrons. The second kappa shape index (κ2) is 7.05. The molecular weight excluding hydrogens is 312 g/mol. The lowest BCUT2D eigenvalue weighted by Crippen LogP contribution is -2.25. The Bertz CT molecular complexity index is 911. The molecule has 0 unspecified atom stereocenters. The van der Waals surface area contributed by atoms with Crippen molar-refractivity contribution < 1.29 is 4.79 Å². The normalized spacial score (nSPS) is 11.2. The molecular formula is C20H24N4O. The Morgan fingerprint density at radius 3 is 2.72 bits per heavy atom. The second-order valence-corrected chi connectivity index (χ2v) is 6.86. The van der Waals surface area contributed by atoms with E-state index in [2.05, 4.69) is 61.3 Å². The van der Waals surface area contributed by atoms with E-state index in [9.17, 15) is 4.79 Å². The maximum Gasteiger partial charge on any atom is 0.256 e. The van der Waals surface area contributed by atoms with Gasteiger partial charge >= 0.3 is 0 Å². The number of hydrogen-bond acceptors (Lipinski definition) is 3. The van der Waals surface area contributed by atoms with Crippen molar-refractivity contribution in [3.8, 4) is 11.3 Å². The molecule has 0 atom stereocenters. The number of aryl methyl sites for hydroxylation is 2. The van der Waals surface area contributed by atoms with Gasteiger partial charge in [0.1, 0.15) is 5.56 Å². The number of nitrogens with one attached hydrogen (secondary N) is 1. The van der Waals surface area contributed by atoms with E-state index in [1.807, 2.05) is 6.07 Å². The molecule has 0 bridgehead atoms. The minimum atomic E-state index is -0.125. The predicted octanol–water partition coefficient (Wildman–Crippen LogP) is 3.79. The van der Waals surface area contributed by atoms with Gasteiger partial charge in [-0.1, -0.05) is 26.0 Å². The van der Waals surface area contributed by atoms with E-state index in [0.717, 1.165) is 17.7 Å². The first kappa shape index (κ1) is 17.1. The van der Waals surface area contributed by atoms with Crippen molar-refractivity contribution in [3.63, 3.8) is 0 Å². The minimum Gasteiger partial charge on any atom is -0.352 e. The summed E-state index contributed by atoms with van der Waals surface area (Å²) in [6, 6.07) is 8.22. The maximum absolute atomic E-state index is 12.4. The lowest BCUT2D eigenvalue weighted by atomic mass is 10.0. The van der Waals surface area contributed by atoms with Crippen LogP contribution in [0.1, 0.15) is 41.8 Å². The number of nitrogens with zero attached hydrogens (tertiary/aromatic N) is 3. The fourth-order valence-corrected chi connectivity index (χ4v) is 2.74. The molecule has 1 N–H and O–H groups in total. The van der Waals surface area contributed by atoms with Crippen molar-refractivity contribution in [1.82, 2.24) is 19.9 Å². The Balaban J connectivity index is 1.94. The standard InChI is InChI=1S/C20H24N4O/c1-13(2)7-9-22-20(25)17-12-23-24-18(8-10-21-19(17)24)16-6-5-14(3)15(4)11-16/h5-6,8,10-13H,7,9H2,1-4H3,(H,22,25). The number of amides is 1. The van der Waals surface area contributed by atoms with Crippen LogP contribution in [-0.2, 0) is 0 Å². The molecule has 5 heteroatoms. The van der Waals surface area contributed by atoms with Crippen molar-refractivity contribution in [2.75, 3.05) is 6.54 Å². The summed E-state index contributed by atoms with van der Waals surface area (Å²) in [6.45, 7) is 9.12. The van der Waals surface area contributed by atoms with Gasteiger partial charge in [0.15, 0.2) is 5.65 Å². The Labute approximate surface area is 148 Å². The monoisotopic (exact) mass is 336 g/mol. The Kier molecular flexibility index (Phi) is 4.83. The summed E-state index contributed by atoms with van der Waals surface area (Å²) in [7, 11) is 0. The van der Waals surface area contributed by atoms with E-state index in [0.29, 0.717) is 23.7 Å². The number of fused-ring (bicyclic) bond motifs is 1. The number of rotatable bonds is 5. The highest BCUT2D eigenvalue weighted by Gasteiger charge is 2.16. The summed E-state index contributed by atoms with van der Waals surface area (Å²) < 4.78 is 1.74. The fourth-order valence-electron chi connectivity index (χ4n) is 2.74. The van der Waals surface area contributed by atoms with Gasteiger partial charge in [0.2, 0.25) is 0 Å². The highest BCUT2D eigenvalue weighted by atomic mass is 16.1. The molecule has 25 heavy (non-hydrogen) atoms. The molecule has 3 aromatic rings. The summed E-state index contributed by atoms with van der Waals surface area (Å²) >= 11 is 0. The summed E-state index contributed by atoms with van der Waals surface area (Å²) in [5, 5.41) is 7.36. The van der Waals surface area contributed by atoms with Gasteiger partial charge in [0.25, 0.3) is 5.91 Å². The summed E-state index contributed by atoms with van der Waals surface area (Å²) in [5.41, 5.74) is 5.55. The van der Waals surface area contributed by atoms with E-state index < -0.39 is 0 Å². The first-order valence-electron chi connectivity index (χ1n) is 8.66. The molecule has 3 rings (SSSR count). The molecule has 0 aliphatic heterocycles. The molecule has 1 aromatic carbocycles. The summed E-state index contributed by atoms with van der Waals surface area (Å²) in [6.07, 6.45) is 4.27. The third-order valence-corrected chi connectivity index (χ3v) is 4.46. The number of benzene rings is 1. The Morgan fingerprint density at radius 2 is 2.00 bits per heavy atom. The fraction of sp³-hybridized carbons (Fsp3) is 0.350. The average molecular weight is 336 g/mol. The van der Waals surface area contributed by atoms with Crippen LogP contribution in [0, 0.1) is 19.8 Å². The molecule has 5 nitrogen and oxygen atoms in total. The van der Waals surface area contributed by atoms with Crippen LogP contribution in [0.5, 0.6) is 0 Å². The SMILES string of the molecule is Cc1ccc(-c2ccnc3c(C(=O)NCCC(C)C)cnn23)cc1C. The largest absolute Gasteiger partial charge is 0.352 e. The zero-order valence-corrected chi connectivity index (χ0v) is 15.2. The first-order valence-corrected chi connectivity index (χ1v) is 8.66. The van der Waals surface area contributed by atoms with Crippen LogP contribution in [0.4, 0.5) is 0 Å². The summed E-state index contributed by atoms with van der Waals surface area (Å²) in [4.78, 5) is 16.8. The lowest BCUT2D eigenvalue weighted by molar-refractivity contribution is 0.0953. The molecule has 0 aliphatic rings. The van der Waals surface area contributed by atoms with E-state index in [1.54, 1.807) is 16.9 Å². The molecule has 0 saturated carbocycles. The predicted molar refractivity (Wildman–Crippen MR) is 99.7 cm³/mol. The zero-order chi connectivity index (χ0) is 18.0. The molecule has 2 heterocycles. The van der Waals surface area contributed by atoms with Crippen molar-refractivity contribution in [2.45, 2.75) is 34.1 Å². The number of aromatic nitrogens is 3. The number of carbonyl (C=O) groups excluding carboxylic acids is 1. The van der Waals surface area contributed by atoms with E-state index in [-0.39, 0.29) is 5.91 Å². The van der Waals surface area contributed by atoms with Crippen LogP contribution < -0.4 is 5.32 Å². The number of carbonyl (C=O) groups is 1. The van der Waals surface area contributed by atoms with Crippen LogP contribution >= 0.6 is 0 Å². The molecule has 130 valence electrons. The quantitative estimate of drug-likeness (QED) is 0.771. The van der Waals surface area contributed by atoms with Crippen molar-refractivity contribution >= 4 is 11.6 Å². The van der Waals surface area contributed by atoms with Gasteiger partial charge in [-0.2, -0.15) is 5.10 Å². The smallest absolute Gasteiger partial charge is 0.256 e. The van der Waals surface area contributed by atoms with Crippen LogP contribution in [-0.4, -0.2) is 27.0 Å². The highest BCUT2D eigenvalue weighted by molar-refractivity contribution is 5.99. The minimum absolute atomic E-state index is 0.125. The van der Waals surface area contributed by atoms with Gasteiger partial charge in [0.05, 0.1) is 11.9 Å². The third kappa shape index (κ3) is 3.55. The van der Waals surface area contributed by atoms with Gasteiger partial charge in [-0.25, -0.2) is 9.50 Å². The average Bonchev–Trinajstić information content (AvgIpc) is 3.01. The molecule has 0 saturated heterocycles. The van der Waals surface area contributed by atoms with Gasteiger partial charge in [-0.15, -0.1) is 0 Å². The second-order valence-electron chi connectivity index (χ2n) is 6.86. The van der Waals surface area contributed by atoms with E-state index in [1.165, 1.54) is 11.1 Å². The van der Waals surface area contributed by atoms with Crippen molar-refractivity contribution in [2.24, 2.45) is 5.92 Å². The lowest BCUT2D eigenvalue weighted by Gasteiger charge is -2.08. The maximum atomic E-state index is 12.4. The molecule has 0 fully saturated rings. The van der Waals surface area contributed by atoms with E-state index in [4.69, 9.17) is 0 Å².